The summed E-state index contributed by atoms with van der Waals surface area (Å²) in [5, 5.41) is 0. The number of carbonyl (C=O) groups excluding carboxylic acids is 1. The van der Waals surface area contributed by atoms with Crippen LogP contribution in [-0.2, 0) is 22.7 Å². The first-order chi connectivity index (χ1) is 12.1. The zero-order valence-corrected chi connectivity index (χ0v) is 14.2. The zero-order valence-electron chi connectivity index (χ0n) is 14.2. The van der Waals surface area contributed by atoms with Crippen LogP contribution in [0.5, 0.6) is 0 Å². The Hall–Kier alpha value is -3.14. The largest absolute Gasteiger partial charge is 0.456 e. The van der Waals surface area contributed by atoms with Crippen molar-refractivity contribution in [2.45, 2.75) is 20.1 Å². The van der Waals surface area contributed by atoms with Crippen molar-refractivity contribution in [2.24, 2.45) is 0 Å². The highest BCUT2D eigenvalue weighted by Crippen LogP contribution is 2.24. The van der Waals surface area contributed by atoms with Gasteiger partial charge in [-0.2, -0.15) is 0 Å². The first-order valence-electron chi connectivity index (χ1n) is 8.11. The van der Waals surface area contributed by atoms with Gasteiger partial charge in [-0.25, -0.2) is 9.78 Å². The minimum atomic E-state index is -0.397. The van der Waals surface area contributed by atoms with Gasteiger partial charge in [-0.15, -0.1) is 0 Å². The molecule has 0 aliphatic heterocycles. The van der Waals surface area contributed by atoms with Gasteiger partial charge in [0.2, 0.25) is 0 Å². The third-order valence-corrected chi connectivity index (χ3v) is 3.88. The van der Waals surface area contributed by atoms with Crippen molar-refractivity contribution in [3.63, 3.8) is 0 Å². The number of rotatable bonds is 6. The number of hydrogen-bond donors (Lipinski definition) is 0. The number of aromatic nitrogens is 2. The van der Waals surface area contributed by atoms with Crippen LogP contribution in [0.4, 0.5) is 0 Å². The number of imidazole rings is 1. The summed E-state index contributed by atoms with van der Waals surface area (Å²) >= 11 is 0. The van der Waals surface area contributed by atoms with Crippen LogP contribution >= 0.6 is 0 Å². The van der Waals surface area contributed by atoms with E-state index in [1.165, 1.54) is 0 Å². The molecule has 4 heteroatoms. The second-order valence-electron chi connectivity index (χ2n) is 5.88. The molecule has 0 amide bonds. The van der Waals surface area contributed by atoms with Crippen LogP contribution in [0.2, 0.25) is 0 Å². The van der Waals surface area contributed by atoms with Gasteiger partial charge >= 0.3 is 5.97 Å². The molecular formula is C21H20N2O2. The topological polar surface area (TPSA) is 44.1 Å². The van der Waals surface area contributed by atoms with E-state index in [1.807, 2.05) is 53.1 Å². The Morgan fingerprint density at radius 1 is 1.08 bits per heavy atom. The summed E-state index contributed by atoms with van der Waals surface area (Å²) in [5.41, 5.74) is 4.23. The van der Waals surface area contributed by atoms with Crippen molar-refractivity contribution in [3.05, 3.63) is 90.4 Å². The summed E-state index contributed by atoms with van der Waals surface area (Å²) in [5.74, 6) is -0.397. The van der Waals surface area contributed by atoms with Gasteiger partial charge in [-0.1, -0.05) is 67.2 Å². The maximum Gasteiger partial charge on any atom is 0.333 e. The molecule has 0 aliphatic rings. The van der Waals surface area contributed by atoms with E-state index in [-0.39, 0.29) is 6.61 Å². The van der Waals surface area contributed by atoms with E-state index >= 15 is 0 Å². The molecule has 0 saturated heterocycles. The summed E-state index contributed by atoms with van der Waals surface area (Å²) < 4.78 is 7.41. The molecule has 0 saturated carbocycles. The lowest BCUT2D eigenvalue weighted by atomic mass is 10.1. The van der Waals surface area contributed by atoms with Gasteiger partial charge in [-0.3, -0.25) is 0 Å². The highest BCUT2D eigenvalue weighted by atomic mass is 16.5. The molecule has 0 atom stereocenters. The first-order valence-corrected chi connectivity index (χ1v) is 8.11. The van der Waals surface area contributed by atoms with Crippen LogP contribution in [0, 0.1) is 0 Å². The molecule has 0 fully saturated rings. The van der Waals surface area contributed by atoms with Crippen LogP contribution < -0.4 is 0 Å². The summed E-state index contributed by atoms with van der Waals surface area (Å²) in [7, 11) is 0. The molecular weight excluding hydrogens is 312 g/mol. The number of hydrogen-bond acceptors (Lipinski definition) is 3. The van der Waals surface area contributed by atoms with Gasteiger partial charge in [0.15, 0.2) is 0 Å². The highest BCUT2D eigenvalue weighted by Gasteiger charge is 2.15. The summed E-state index contributed by atoms with van der Waals surface area (Å²) in [6.45, 7) is 6.09. The number of benzene rings is 2. The fourth-order valence-corrected chi connectivity index (χ4v) is 2.57. The molecule has 0 radical (unpaired) electrons. The number of nitrogens with zero attached hydrogens (tertiary/aromatic N) is 2. The van der Waals surface area contributed by atoms with E-state index in [0.717, 1.165) is 22.5 Å². The smallest absolute Gasteiger partial charge is 0.333 e. The zero-order chi connectivity index (χ0) is 17.6. The molecule has 0 spiro atoms. The van der Waals surface area contributed by atoms with Crippen molar-refractivity contribution in [1.29, 1.82) is 0 Å². The second-order valence-corrected chi connectivity index (χ2v) is 5.88. The van der Waals surface area contributed by atoms with Crippen molar-refractivity contribution in [1.82, 2.24) is 9.55 Å². The Morgan fingerprint density at radius 3 is 2.36 bits per heavy atom. The second kappa shape index (κ2) is 7.62. The van der Waals surface area contributed by atoms with Crippen molar-refractivity contribution >= 4 is 5.97 Å². The van der Waals surface area contributed by atoms with Crippen LogP contribution in [0.15, 0.2) is 79.1 Å². The van der Waals surface area contributed by atoms with Crippen molar-refractivity contribution in [2.75, 3.05) is 0 Å². The molecule has 1 heterocycles. The molecule has 2 aromatic carbocycles. The Morgan fingerprint density at radius 2 is 1.72 bits per heavy atom. The Balaban J connectivity index is 1.93. The van der Waals surface area contributed by atoms with Gasteiger partial charge in [0.05, 0.1) is 17.7 Å². The van der Waals surface area contributed by atoms with E-state index in [2.05, 4.69) is 23.7 Å². The number of esters is 1. The van der Waals surface area contributed by atoms with E-state index in [9.17, 15) is 4.79 Å². The van der Waals surface area contributed by atoms with E-state index in [1.54, 1.807) is 13.3 Å². The lowest BCUT2D eigenvalue weighted by molar-refractivity contribution is -0.140. The summed E-state index contributed by atoms with van der Waals surface area (Å²) in [6, 6.07) is 20.0. The Labute approximate surface area is 147 Å². The third kappa shape index (κ3) is 4.04. The monoisotopic (exact) mass is 332 g/mol. The normalized spacial score (nSPS) is 10.4. The van der Waals surface area contributed by atoms with Crippen LogP contribution in [-0.4, -0.2) is 15.5 Å². The highest BCUT2D eigenvalue weighted by molar-refractivity contribution is 5.87. The van der Waals surface area contributed by atoms with E-state index < -0.39 is 5.97 Å². The molecule has 0 unspecified atom stereocenters. The lowest BCUT2D eigenvalue weighted by Crippen LogP contribution is -2.10. The first kappa shape index (κ1) is 16.7. The predicted octanol–water partition coefficient (Wildman–Crippen LogP) is 4.22. The van der Waals surface area contributed by atoms with Gasteiger partial charge < -0.3 is 9.30 Å². The molecule has 0 bridgehead atoms. The molecule has 25 heavy (non-hydrogen) atoms. The van der Waals surface area contributed by atoms with Gasteiger partial charge in [0, 0.05) is 17.7 Å². The van der Waals surface area contributed by atoms with Crippen LogP contribution in [0.1, 0.15) is 18.2 Å². The van der Waals surface area contributed by atoms with E-state index in [4.69, 9.17) is 4.74 Å². The van der Waals surface area contributed by atoms with Crippen LogP contribution in [0.3, 0.4) is 0 Å². The molecule has 0 N–H and O–H groups in total. The molecule has 4 nitrogen and oxygen atoms in total. The summed E-state index contributed by atoms with van der Waals surface area (Å²) in [4.78, 5) is 16.4. The number of carbonyl (C=O) groups is 1. The maximum atomic E-state index is 11.8. The Kier molecular flexibility index (Phi) is 5.09. The average Bonchev–Trinajstić information content (AvgIpc) is 3.03. The minimum absolute atomic E-state index is 0.156. The Bertz CT molecular complexity index is 867. The molecule has 1 aromatic heterocycles. The molecule has 3 rings (SSSR count). The quantitative estimate of drug-likeness (QED) is 0.501. The lowest BCUT2D eigenvalue weighted by Gasteiger charge is -2.11. The summed E-state index contributed by atoms with van der Waals surface area (Å²) in [6.07, 6.45) is 1.79. The molecule has 3 aromatic rings. The SMILES string of the molecule is C=C(C)C(=O)OCc1c(-c2ccccc2)ncn1Cc1ccccc1. The third-order valence-electron chi connectivity index (χ3n) is 3.88. The standard InChI is InChI=1S/C21H20N2O2/c1-16(2)21(24)25-14-19-20(18-11-7-4-8-12-18)22-15-23(19)13-17-9-5-3-6-10-17/h3-12,15H,1,13-14H2,2H3. The maximum absolute atomic E-state index is 11.8. The average molecular weight is 332 g/mol. The minimum Gasteiger partial charge on any atom is -0.456 e. The van der Waals surface area contributed by atoms with Gasteiger partial charge in [-0.05, 0) is 12.5 Å². The van der Waals surface area contributed by atoms with Crippen LogP contribution in [0.25, 0.3) is 11.3 Å². The predicted molar refractivity (Wildman–Crippen MR) is 97.8 cm³/mol. The number of ether oxygens (including phenoxy) is 1. The molecule has 0 aliphatic carbocycles. The fourth-order valence-electron chi connectivity index (χ4n) is 2.57. The van der Waals surface area contributed by atoms with Gasteiger partial charge in [0.1, 0.15) is 6.61 Å². The van der Waals surface area contributed by atoms with Crippen molar-refractivity contribution in [3.8, 4) is 11.3 Å². The van der Waals surface area contributed by atoms with Crippen molar-refractivity contribution < 1.29 is 9.53 Å². The van der Waals surface area contributed by atoms with E-state index in [0.29, 0.717) is 12.1 Å². The van der Waals surface area contributed by atoms with Gasteiger partial charge in [0.25, 0.3) is 0 Å². The fraction of sp³-hybridized carbons (Fsp3) is 0.143. The molecule has 126 valence electrons.